The highest BCUT2D eigenvalue weighted by Gasteiger charge is 2.11. The summed E-state index contributed by atoms with van der Waals surface area (Å²) in [7, 11) is 0. The average molecular weight is 262 g/mol. The maximum atomic E-state index is 11.6. The van der Waals surface area contributed by atoms with Gasteiger partial charge < -0.3 is 15.0 Å². The summed E-state index contributed by atoms with van der Waals surface area (Å²) in [5.74, 6) is 0.681. The van der Waals surface area contributed by atoms with Crippen molar-refractivity contribution < 1.29 is 9.53 Å². The maximum absolute atomic E-state index is 11.6. The normalized spacial score (nSPS) is 15.4. The van der Waals surface area contributed by atoms with Crippen LogP contribution in [0.3, 0.4) is 0 Å². The van der Waals surface area contributed by atoms with Gasteiger partial charge in [-0.2, -0.15) is 0 Å². The number of nitrogens with one attached hydrogen (secondary N) is 1. The molecule has 1 N–H and O–H groups in total. The van der Waals surface area contributed by atoms with Gasteiger partial charge in [0.25, 0.3) is 5.91 Å². The van der Waals surface area contributed by atoms with E-state index in [0.29, 0.717) is 6.54 Å². The van der Waals surface area contributed by atoms with Gasteiger partial charge in [0.2, 0.25) is 0 Å². The van der Waals surface area contributed by atoms with E-state index in [1.54, 1.807) is 0 Å². The molecule has 0 unspecified atom stereocenters. The first-order chi connectivity index (χ1) is 9.24. The molecule has 104 valence electrons. The molecule has 0 aliphatic carbocycles. The van der Waals surface area contributed by atoms with Gasteiger partial charge in [-0.15, -0.1) is 0 Å². The van der Waals surface area contributed by atoms with Crippen molar-refractivity contribution in [2.75, 3.05) is 32.8 Å². The highest BCUT2D eigenvalue weighted by atomic mass is 16.5. The molecule has 19 heavy (non-hydrogen) atoms. The van der Waals surface area contributed by atoms with Crippen molar-refractivity contribution in [1.82, 2.24) is 10.2 Å². The zero-order chi connectivity index (χ0) is 13.5. The lowest BCUT2D eigenvalue weighted by molar-refractivity contribution is -0.123. The summed E-state index contributed by atoms with van der Waals surface area (Å²) in [4.78, 5) is 14.0. The minimum Gasteiger partial charge on any atom is -0.484 e. The number of carbonyl (C=O) groups is 1. The van der Waals surface area contributed by atoms with Crippen LogP contribution in [0, 0.1) is 6.92 Å². The van der Waals surface area contributed by atoms with Crippen molar-refractivity contribution in [2.24, 2.45) is 0 Å². The van der Waals surface area contributed by atoms with Crippen molar-refractivity contribution in [2.45, 2.75) is 19.8 Å². The second kappa shape index (κ2) is 7.14. The van der Waals surface area contributed by atoms with Crippen molar-refractivity contribution in [3.63, 3.8) is 0 Å². The first-order valence-electron chi connectivity index (χ1n) is 6.92. The molecule has 1 aliphatic heterocycles. The number of carbonyl (C=O) groups excluding carboxylic acids is 1. The molecule has 1 fully saturated rings. The second-order valence-corrected chi connectivity index (χ2v) is 5.00. The fourth-order valence-corrected chi connectivity index (χ4v) is 2.19. The number of hydrogen-bond donors (Lipinski definition) is 1. The van der Waals surface area contributed by atoms with E-state index in [1.807, 2.05) is 31.2 Å². The van der Waals surface area contributed by atoms with Gasteiger partial charge in [-0.25, -0.2) is 0 Å². The van der Waals surface area contributed by atoms with Crippen LogP contribution in [-0.4, -0.2) is 43.6 Å². The molecule has 0 aromatic heterocycles. The molecule has 1 saturated heterocycles. The maximum Gasteiger partial charge on any atom is 0.257 e. The predicted molar refractivity (Wildman–Crippen MR) is 75.4 cm³/mol. The highest BCUT2D eigenvalue weighted by Crippen LogP contribution is 2.10. The molecule has 1 aliphatic rings. The molecule has 1 heterocycles. The Balaban J connectivity index is 1.60. The number of amides is 1. The lowest BCUT2D eigenvalue weighted by atomic mass is 10.2. The molecular formula is C15H22N2O2. The van der Waals surface area contributed by atoms with Crippen LogP contribution in [0.5, 0.6) is 5.75 Å². The van der Waals surface area contributed by atoms with Gasteiger partial charge in [0.1, 0.15) is 5.75 Å². The Kier molecular flexibility index (Phi) is 5.21. The van der Waals surface area contributed by atoms with Crippen LogP contribution < -0.4 is 10.1 Å². The molecule has 1 amide bonds. The fourth-order valence-electron chi connectivity index (χ4n) is 2.19. The highest BCUT2D eigenvalue weighted by molar-refractivity contribution is 5.77. The lowest BCUT2D eigenvalue weighted by Crippen LogP contribution is -2.35. The van der Waals surface area contributed by atoms with Crippen LogP contribution in [0.1, 0.15) is 18.4 Å². The van der Waals surface area contributed by atoms with E-state index in [-0.39, 0.29) is 12.5 Å². The van der Waals surface area contributed by atoms with Crippen molar-refractivity contribution in [1.29, 1.82) is 0 Å². The third kappa shape index (κ3) is 4.91. The number of ether oxygens (including phenoxy) is 1. The van der Waals surface area contributed by atoms with E-state index in [0.717, 1.165) is 25.4 Å². The van der Waals surface area contributed by atoms with E-state index in [9.17, 15) is 4.79 Å². The molecule has 0 saturated carbocycles. The minimum absolute atomic E-state index is 0.0558. The Labute approximate surface area is 114 Å². The van der Waals surface area contributed by atoms with E-state index >= 15 is 0 Å². The van der Waals surface area contributed by atoms with Crippen LogP contribution in [0.15, 0.2) is 24.3 Å². The van der Waals surface area contributed by atoms with E-state index in [4.69, 9.17) is 4.74 Å². The zero-order valence-corrected chi connectivity index (χ0v) is 11.5. The van der Waals surface area contributed by atoms with Gasteiger partial charge >= 0.3 is 0 Å². The smallest absolute Gasteiger partial charge is 0.257 e. The number of benzene rings is 1. The number of hydrogen-bond acceptors (Lipinski definition) is 3. The summed E-state index contributed by atoms with van der Waals surface area (Å²) in [6.45, 7) is 6.08. The van der Waals surface area contributed by atoms with Crippen LogP contribution in [0.2, 0.25) is 0 Å². The molecule has 0 spiro atoms. The lowest BCUT2D eigenvalue weighted by Gasteiger charge is -2.14. The molecule has 0 radical (unpaired) electrons. The molecule has 4 heteroatoms. The molecule has 0 atom stereocenters. The Morgan fingerprint density at radius 1 is 1.26 bits per heavy atom. The number of nitrogens with zero attached hydrogens (tertiary/aromatic N) is 1. The number of rotatable bonds is 6. The van der Waals surface area contributed by atoms with Gasteiger partial charge in [-0.1, -0.05) is 17.7 Å². The summed E-state index contributed by atoms with van der Waals surface area (Å²) in [6.07, 6.45) is 2.56. The Bertz CT molecular complexity index is 397. The monoisotopic (exact) mass is 262 g/mol. The molecule has 1 aromatic carbocycles. The summed E-state index contributed by atoms with van der Waals surface area (Å²) < 4.78 is 5.42. The Morgan fingerprint density at radius 3 is 2.63 bits per heavy atom. The van der Waals surface area contributed by atoms with Crippen molar-refractivity contribution in [3.05, 3.63) is 29.8 Å². The first-order valence-corrected chi connectivity index (χ1v) is 6.92. The van der Waals surface area contributed by atoms with Gasteiger partial charge in [0.05, 0.1) is 0 Å². The topological polar surface area (TPSA) is 41.6 Å². The van der Waals surface area contributed by atoms with E-state index < -0.39 is 0 Å². The quantitative estimate of drug-likeness (QED) is 0.846. The van der Waals surface area contributed by atoms with Gasteiger partial charge in [0.15, 0.2) is 6.61 Å². The van der Waals surface area contributed by atoms with Crippen LogP contribution in [0.25, 0.3) is 0 Å². The van der Waals surface area contributed by atoms with Crippen LogP contribution >= 0.6 is 0 Å². The Hall–Kier alpha value is -1.55. The minimum atomic E-state index is -0.0558. The summed E-state index contributed by atoms with van der Waals surface area (Å²) in [5.41, 5.74) is 1.18. The summed E-state index contributed by atoms with van der Waals surface area (Å²) in [5, 5.41) is 2.89. The fraction of sp³-hybridized carbons (Fsp3) is 0.533. The Morgan fingerprint density at radius 2 is 1.95 bits per heavy atom. The summed E-state index contributed by atoms with van der Waals surface area (Å²) >= 11 is 0. The van der Waals surface area contributed by atoms with Crippen molar-refractivity contribution >= 4 is 5.91 Å². The first kappa shape index (κ1) is 13.9. The second-order valence-electron chi connectivity index (χ2n) is 5.00. The predicted octanol–water partition coefficient (Wildman–Crippen LogP) is 1.59. The molecule has 4 nitrogen and oxygen atoms in total. The zero-order valence-electron chi connectivity index (χ0n) is 11.5. The van der Waals surface area contributed by atoms with E-state index in [1.165, 1.54) is 18.4 Å². The van der Waals surface area contributed by atoms with Gasteiger partial charge in [-0.3, -0.25) is 4.79 Å². The molecule has 2 rings (SSSR count). The van der Waals surface area contributed by atoms with Crippen LogP contribution in [0.4, 0.5) is 0 Å². The molecular weight excluding hydrogens is 240 g/mol. The third-order valence-corrected chi connectivity index (χ3v) is 3.34. The molecule has 1 aromatic rings. The van der Waals surface area contributed by atoms with Crippen LogP contribution in [-0.2, 0) is 4.79 Å². The SMILES string of the molecule is Cc1ccc(OCC(=O)NCCN2CCCC2)cc1. The van der Waals surface area contributed by atoms with Gasteiger partial charge in [-0.05, 0) is 45.0 Å². The summed E-state index contributed by atoms with van der Waals surface area (Å²) in [6, 6.07) is 7.71. The number of likely N-dealkylation sites (tertiary alicyclic amines) is 1. The largest absolute Gasteiger partial charge is 0.484 e. The van der Waals surface area contributed by atoms with E-state index in [2.05, 4.69) is 10.2 Å². The molecule has 0 bridgehead atoms. The average Bonchev–Trinajstić information content (AvgIpc) is 2.91. The standard InChI is InChI=1S/C15H22N2O2/c1-13-4-6-14(7-5-13)19-12-15(18)16-8-11-17-9-2-3-10-17/h4-7H,2-3,8-12H2,1H3,(H,16,18). The number of aryl methyl sites for hydroxylation is 1. The third-order valence-electron chi connectivity index (χ3n) is 3.34. The van der Waals surface area contributed by atoms with Crippen molar-refractivity contribution in [3.8, 4) is 5.75 Å². The van der Waals surface area contributed by atoms with Gasteiger partial charge in [0, 0.05) is 13.1 Å².